The summed E-state index contributed by atoms with van der Waals surface area (Å²) in [7, 11) is -9.33. The molecule has 2 aromatic rings. The highest BCUT2D eigenvalue weighted by atomic mass is 32.3. The van der Waals surface area contributed by atoms with Crippen molar-refractivity contribution in [2.75, 3.05) is 0 Å². The highest BCUT2D eigenvalue weighted by molar-refractivity contribution is 7.80. The first-order chi connectivity index (χ1) is 13.6. The summed E-state index contributed by atoms with van der Waals surface area (Å²) in [6, 6.07) is 21.1. The third-order valence-electron chi connectivity index (χ3n) is 2.80. The minimum absolute atomic E-state index is 0.266. The molecular weight excluding hydrogens is 436 g/mol. The number of hydrogen-bond donors (Lipinski definition) is 6. The topological polar surface area (TPSA) is 201 Å². The van der Waals surface area contributed by atoms with Gasteiger partial charge in [0.1, 0.15) is 0 Å². The second-order valence-electron chi connectivity index (χ2n) is 6.23. The van der Waals surface area contributed by atoms with Crippen molar-refractivity contribution in [2.45, 2.75) is 38.8 Å². The second kappa shape index (κ2) is 15.9. The van der Waals surface area contributed by atoms with Crippen LogP contribution in [0.15, 0.2) is 60.7 Å². The molecule has 0 aliphatic heterocycles. The van der Waals surface area contributed by atoms with Crippen molar-refractivity contribution in [1.82, 2.24) is 0 Å². The van der Waals surface area contributed by atoms with E-state index in [0.717, 1.165) is 12.8 Å². The van der Waals surface area contributed by atoms with Crippen LogP contribution in [0, 0.1) is 0 Å². The quantitative estimate of drug-likeness (QED) is 0.361. The Kier molecular flexibility index (Phi) is 16.0. The van der Waals surface area contributed by atoms with E-state index in [9.17, 15) is 0 Å². The van der Waals surface area contributed by atoms with Gasteiger partial charge in [0.2, 0.25) is 0 Å². The summed E-state index contributed by atoms with van der Waals surface area (Å²) in [4.78, 5) is 0. The Morgan fingerprint density at radius 2 is 0.833 bits per heavy atom. The molecule has 0 aliphatic rings. The Balaban J connectivity index is 0. The van der Waals surface area contributed by atoms with E-state index in [1.165, 1.54) is 11.1 Å². The summed E-state index contributed by atoms with van der Waals surface area (Å²) in [6.07, 6.45) is 1.95. The molecule has 0 aliphatic carbocycles. The molecule has 0 saturated heterocycles. The van der Waals surface area contributed by atoms with Crippen LogP contribution in [-0.2, 0) is 33.6 Å². The Morgan fingerprint density at radius 3 is 1.00 bits per heavy atom. The van der Waals surface area contributed by atoms with Crippen molar-refractivity contribution in [2.24, 2.45) is 11.5 Å². The second-order valence-corrected chi connectivity index (χ2v) is 8.02. The van der Waals surface area contributed by atoms with Crippen molar-refractivity contribution >= 4 is 20.8 Å². The van der Waals surface area contributed by atoms with Crippen molar-refractivity contribution < 1.29 is 35.0 Å². The zero-order valence-corrected chi connectivity index (χ0v) is 18.4. The molecule has 30 heavy (non-hydrogen) atoms. The zero-order chi connectivity index (χ0) is 23.8. The lowest BCUT2D eigenvalue weighted by atomic mass is 10.1. The Morgan fingerprint density at radius 1 is 0.633 bits per heavy atom. The molecule has 0 saturated carbocycles. The number of benzene rings is 2. The molecule has 12 heteroatoms. The maximum absolute atomic E-state index is 8.74. The van der Waals surface area contributed by atoms with Crippen LogP contribution in [0.1, 0.15) is 25.0 Å². The van der Waals surface area contributed by atoms with Gasteiger partial charge in [-0.05, 0) is 37.8 Å². The van der Waals surface area contributed by atoms with Gasteiger partial charge in [-0.2, -0.15) is 16.8 Å². The molecule has 8 N–H and O–H groups in total. The molecule has 0 radical (unpaired) electrons. The predicted octanol–water partition coefficient (Wildman–Crippen LogP) is 1.85. The van der Waals surface area contributed by atoms with Crippen LogP contribution in [0.3, 0.4) is 0 Å². The van der Waals surface area contributed by atoms with Gasteiger partial charge in [0.25, 0.3) is 0 Å². The first-order valence-electron chi connectivity index (χ1n) is 8.56. The largest absolute Gasteiger partial charge is 0.394 e. The third kappa shape index (κ3) is 33.7. The predicted molar refractivity (Wildman–Crippen MR) is 116 cm³/mol. The highest BCUT2D eigenvalue weighted by Gasteiger charge is 1.95. The van der Waals surface area contributed by atoms with Crippen molar-refractivity contribution in [3.63, 3.8) is 0 Å². The Bertz CT molecular complexity index is 781. The van der Waals surface area contributed by atoms with Gasteiger partial charge in [-0.15, -0.1) is 0 Å². The summed E-state index contributed by atoms with van der Waals surface area (Å²) in [6.45, 7) is 4.04. The van der Waals surface area contributed by atoms with Crippen molar-refractivity contribution in [3.05, 3.63) is 71.8 Å². The fraction of sp³-hybridized carbons (Fsp3) is 0.333. The maximum atomic E-state index is 8.74. The van der Waals surface area contributed by atoms with E-state index in [4.69, 9.17) is 46.5 Å². The first-order valence-corrected chi connectivity index (χ1v) is 11.4. The fourth-order valence-electron chi connectivity index (χ4n) is 1.97. The SMILES string of the molecule is CC(N)Cc1ccccc1.CC(N)Cc1ccccc1.O=S(=O)(O)O.O=S(=O)(O)O. The molecule has 0 aromatic heterocycles. The van der Waals surface area contributed by atoms with Crippen LogP contribution in [0.25, 0.3) is 0 Å². The number of rotatable bonds is 4. The normalized spacial score (nSPS) is 12.5. The summed E-state index contributed by atoms with van der Waals surface area (Å²) >= 11 is 0. The standard InChI is InChI=1S/2C9H13N.2H2O4S/c2*1-8(10)7-9-5-3-2-4-6-9;2*1-5(2,3)4/h2*2-6,8H,7,10H2,1H3;2*(H2,1,2,3,4). The van der Waals surface area contributed by atoms with Crippen LogP contribution in [-0.4, -0.2) is 47.1 Å². The molecule has 0 spiro atoms. The van der Waals surface area contributed by atoms with Gasteiger partial charge in [0.05, 0.1) is 0 Å². The van der Waals surface area contributed by atoms with E-state index < -0.39 is 20.8 Å². The minimum atomic E-state index is -4.67. The fourth-order valence-corrected chi connectivity index (χ4v) is 1.97. The molecule has 2 aromatic carbocycles. The van der Waals surface area contributed by atoms with E-state index in [1.807, 2.05) is 50.2 Å². The monoisotopic (exact) mass is 466 g/mol. The lowest BCUT2D eigenvalue weighted by Crippen LogP contribution is -2.17. The molecule has 10 nitrogen and oxygen atoms in total. The molecule has 0 amide bonds. The zero-order valence-electron chi connectivity index (χ0n) is 16.7. The minimum Gasteiger partial charge on any atom is -0.328 e. The van der Waals surface area contributed by atoms with Crippen molar-refractivity contribution in [1.29, 1.82) is 0 Å². The van der Waals surface area contributed by atoms with Gasteiger partial charge in [0, 0.05) is 12.1 Å². The molecular formula is C18H30N2O8S2. The van der Waals surface area contributed by atoms with Gasteiger partial charge < -0.3 is 11.5 Å². The molecule has 2 atom stereocenters. The molecule has 0 fully saturated rings. The number of nitrogens with two attached hydrogens (primary N) is 2. The summed E-state index contributed by atoms with van der Waals surface area (Å²) in [5, 5.41) is 0. The van der Waals surface area contributed by atoms with E-state index in [0.29, 0.717) is 0 Å². The third-order valence-corrected chi connectivity index (χ3v) is 2.80. The van der Waals surface area contributed by atoms with E-state index >= 15 is 0 Å². The molecule has 0 bridgehead atoms. The van der Waals surface area contributed by atoms with E-state index in [2.05, 4.69) is 24.3 Å². The van der Waals surface area contributed by atoms with Gasteiger partial charge >= 0.3 is 20.8 Å². The highest BCUT2D eigenvalue weighted by Crippen LogP contribution is 2.01. The molecule has 172 valence electrons. The van der Waals surface area contributed by atoms with Crippen molar-refractivity contribution in [3.8, 4) is 0 Å². The summed E-state index contributed by atoms with van der Waals surface area (Å²) in [5.74, 6) is 0. The van der Waals surface area contributed by atoms with Gasteiger partial charge in [-0.3, -0.25) is 18.2 Å². The smallest absolute Gasteiger partial charge is 0.328 e. The van der Waals surface area contributed by atoms with Gasteiger partial charge in [-0.1, -0.05) is 60.7 Å². The van der Waals surface area contributed by atoms with Crippen LogP contribution < -0.4 is 11.5 Å². The lowest BCUT2D eigenvalue weighted by Gasteiger charge is -2.02. The molecule has 2 rings (SSSR count). The molecule has 0 heterocycles. The average Bonchev–Trinajstić information content (AvgIpc) is 2.53. The number of hydrogen-bond acceptors (Lipinski definition) is 6. The first kappa shape index (κ1) is 30.3. The van der Waals surface area contributed by atoms with Crippen LogP contribution >= 0.6 is 0 Å². The van der Waals surface area contributed by atoms with Gasteiger partial charge in [0.15, 0.2) is 0 Å². The van der Waals surface area contributed by atoms with Gasteiger partial charge in [-0.25, -0.2) is 0 Å². The Labute approximate surface area is 178 Å². The lowest BCUT2D eigenvalue weighted by molar-refractivity contribution is 0.378. The van der Waals surface area contributed by atoms with Crippen LogP contribution in [0.5, 0.6) is 0 Å². The summed E-state index contributed by atoms with van der Waals surface area (Å²) in [5.41, 5.74) is 13.9. The Hall–Kier alpha value is -1.90. The molecule has 2 unspecified atom stereocenters. The average molecular weight is 467 g/mol. The van der Waals surface area contributed by atoms with Crippen LogP contribution in [0.2, 0.25) is 0 Å². The summed E-state index contributed by atoms with van der Waals surface area (Å²) < 4.78 is 63.2. The van der Waals surface area contributed by atoms with E-state index in [-0.39, 0.29) is 12.1 Å². The van der Waals surface area contributed by atoms with E-state index in [1.54, 1.807) is 0 Å². The maximum Gasteiger partial charge on any atom is 0.394 e. The van der Waals surface area contributed by atoms with Crippen LogP contribution in [0.4, 0.5) is 0 Å².